The summed E-state index contributed by atoms with van der Waals surface area (Å²) < 4.78 is 4.15. The van der Waals surface area contributed by atoms with Gasteiger partial charge in [0.15, 0.2) is 0 Å². The highest BCUT2D eigenvalue weighted by atomic mass is 79.9. The summed E-state index contributed by atoms with van der Waals surface area (Å²) in [5.74, 6) is -0.170. The van der Waals surface area contributed by atoms with Crippen LogP contribution in [-0.4, -0.2) is 20.8 Å². The van der Waals surface area contributed by atoms with Gasteiger partial charge in [0.25, 0.3) is 5.91 Å². The Labute approximate surface area is 164 Å². The molecule has 0 spiro atoms. The van der Waals surface area contributed by atoms with Crippen molar-refractivity contribution in [2.45, 2.75) is 6.92 Å². The van der Waals surface area contributed by atoms with Crippen LogP contribution in [0.25, 0.3) is 17.1 Å². The lowest BCUT2D eigenvalue weighted by atomic mass is 10.1. The van der Waals surface area contributed by atoms with E-state index in [-0.39, 0.29) is 11.6 Å². The van der Waals surface area contributed by atoms with Gasteiger partial charge in [0.1, 0.15) is 0 Å². The van der Waals surface area contributed by atoms with E-state index >= 15 is 0 Å². The highest BCUT2D eigenvalue weighted by molar-refractivity contribution is 9.10. The molecule has 2 heterocycles. The molecule has 0 aliphatic carbocycles. The van der Waals surface area contributed by atoms with E-state index < -0.39 is 0 Å². The molecule has 0 bridgehead atoms. The molecule has 7 heteroatoms. The Kier molecular flexibility index (Phi) is 4.11. The third kappa shape index (κ3) is 2.84. The summed E-state index contributed by atoms with van der Waals surface area (Å²) in [4.78, 5) is 25.0. The largest absolute Gasteiger partial charge is 0.328 e. The normalized spacial score (nSPS) is 15.9. The van der Waals surface area contributed by atoms with Crippen LogP contribution in [0.3, 0.4) is 0 Å². The first-order valence-corrected chi connectivity index (χ1v) is 9.19. The first-order valence-electron chi connectivity index (χ1n) is 8.39. The first kappa shape index (κ1) is 17.5. The third-order valence-electron chi connectivity index (χ3n) is 4.74. The van der Waals surface area contributed by atoms with Gasteiger partial charge in [-0.2, -0.15) is 10.1 Å². The third-order valence-corrected chi connectivity index (χ3v) is 5.27. The number of fused-ring (bicyclic) bond motifs is 1. The molecular formula is C20H17BrN4O2. The van der Waals surface area contributed by atoms with E-state index in [1.165, 1.54) is 5.01 Å². The molecule has 1 aliphatic rings. The summed E-state index contributed by atoms with van der Waals surface area (Å²) >= 11 is 3.39. The Bertz CT molecular complexity index is 1200. The lowest BCUT2D eigenvalue weighted by Crippen LogP contribution is -2.21. The van der Waals surface area contributed by atoms with Crippen molar-refractivity contribution in [2.75, 3.05) is 5.01 Å². The number of aromatic nitrogens is 2. The minimum atomic E-state index is -0.170. The molecule has 0 radical (unpaired) electrons. The average Bonchev–Trinajstić information content (AvgIpc) is 3.05. The molecule has 1 amide bonds. The second-order valence-corrected chi connectivity index (χ2v) is 7.40. The Hall–Kier alpha value is -2.93. The maximum atomic E-state index is 12.9. The molecule has 27 heavy (non-hydrogen) atoms. The molecule has 0 unspecified atom stereocenters. The standard InChI is InChI=1S/C20H17BrN4O2/c1-12-16(19(26)25(22-12)15-7-5-14(21)6-8-15)10-13-4-9-17-18(11-13)24(3)20(27)23(17)2/h4-11H,1-3H3. The lowest BCUT2D eigenvalue weighted by Gasteiger charge is -2.11. The van der Waals surface area contributed by atoms with Gasteiger partial charge in [-0.05, 0) is 55.0 Å². The number of amides is 1. The topological polar surface area (TPSA) is 59.6 Å². The summed E-state index contributed by atoms with van der Waals surface area (Å²) in [6.07, 6.45) is 1.82. The van der Waals surface area contributed by atoms with Crippen molar-refractivity contribution in [3.8, 4) is 0 Å². The second kappa shape index (κ2) is 6.35. The van der Waals surface area contributed by atoms with Gasteiger partial charge in [0.05, 0.1) is 28.0 Å². The SMILES string of the molecule is CC1=NN(c2ccc(Br)cc2)C(=O)C1=Cc1ccc2c(c1)n(C)c(=O)n2C. The van der Waals surface area contributed by atoms with Crippen LogP contribution in [0.15, 0.2) is 62.4 Å². The smallest absolute Gasteiger partial charge is 0.295 e. The number of aryl methyl sites for hydroxylation is 2. The van der Waals surface area contributed by atoms with Gasteiger partial charge < -0.3 is 0 Å². The van der Waals surface area contributed by atoms with E-state index in [1.54, 1.807) is 23.2 Å². The number of carbonyl (C=O) groups is 1. The van der Waals surface area contributed by atoms with E-state index in [9.17, 15) is 9.59 Å². The molecule has 0 fully saturated rings. The molecule has 6 nitrogen and oxygen atoms in total. The number of hydrogen-bond acceptors (Lipinski definition) is 3. The molecule has 0 N–H and O–H groups in total. The van der Waals surface area contributed by atoms with Crippen LogP contribution in [0.2, 0.25) is 0 Å². The van der Waals surface area contributed by atoms with Crippen molar-refractivity contribution in [3.05, 3.63) is 68.6 Å². The van der Waals surface area contributed by atoms with Crippen LogP contribution in [0.5, 0.6) is 0 Å². The van der Waals surface area contributed by atoms with Crippen molar-refractivity contribution in [2.24, 2.45) is 19.2 Å². The predicted molar refractivity (Wildman–Crippen MR) is 111 cm³/mol. The minimum absolute atomic E-state index is 0.0779. The minimum Gasteiger partial charge on any atom is -0.295 e. The Morgan fingerprint density at radius 3 is 2.33 bits per heavy atom. The van der Waals surface area contributed by atoms with Crippen molar-refractivity contribution < 1.29 is 4.79 Å². The fourth-order valence-electron chi connectivity index (χ4n) is 3.22. The average molecular weight is 425 g/mol. The second-order valence-electron chi connectivity index (χ2n) is 6.49. The maximum absolute atomic E-state index is 12.9. The number of carbonyl (C=O) groups excluding carboxylic acids is 1. The number of benzene rings is 2. The molecule has 136 valence electrons. The Balaban J connectivity index is 1.74. The summed E-state index contributed by atoms with van der Waals surface area (Å²) in [6.45, 7) is 1.82. The zero-order chi connectivity index (χ0) is 19.3. The lowest BCUT2D eigenvalue weighted by molar-refractivity contribution is -0.114. The molecule has 0 atom stereocenters. The van der Waals surface area contributed by atoms with Gasteiger partial charge in [-0.3, -0.25) is 13.9 Å². The summed E-state index contributed by atoms with van der Waals surface area (Å²) in [7, 11) is 3.49. The van der Waals surface area contributed by atoms with Crippen LogP contribution >= 0.6 is 15.9 Å². The number of rotatable bonds is 2. The van der Waals surface area contributed by atoms with E-state index in [0.29, 0.717) is 17.0 Å². The van der Waals surface area contributed by atoms with Crippen molar-refractivity contribution >= 4 is 50.3 Å². The number of hydrogen-bond donors (Lipinski definition) is 0. The fraction of sp³-hybridized carbons (Fsp3) is 0.150. The molecule has 0 saturated heterocycles. The molecule has 4 rings (SSSR count). The molecule has 1 aromatic heterocycles. The highest BCUT2D eigenvalue weighted by Crippen LogP contribution is 2.26. The highest BCUT2D eigenvalue weighted by Gasteiger charge is 2.28. The number of nitrogens with zero attached hydrogens (tertiary/aromatic N) is 4. The van der Waals surface area contributed by atoms with E-state index in [4.69, 9.17) is 0 Å². The van der Waals surface area contributed by atoms with Crippen LogP contribution in [-0.2, 0) is 18.9 Å². The van der Waals surface area contributed by atoms with Crippen LogP contribution in [0.1, 0.15) is 12.5 Å². The molecular weight excluding hydrogens is 408 g/mol. The van der Waals surface area contributed by atoms with Crippen molar-refractivity contribution in [3.63, 3.8) is 0 Å². The number of anilines is 1. The van der Waals surface area contributed by atoms with Gasteiger partial charge in [-0.25, -0.2) is 4.79 Å². The summed E-state index contributed by atoms with van der Waals surface area (Å²) in [6, 6.07) is 13.1. The Morgan fingerprint density at radius 2 is 1.63 bits per heavy atom. The number of hydrazone groups is 1. The van der Waals surface area contributed by atoms with Crippen LogP contribution in [0.4, 0.5) is 5.69 Å². The number of imidazole rings is 1. The molecule has 3 aromatic rings. The number of halogens is 1. The van der Waals surface area contributed by atoms with E-state index in [2.05, 4.69) is 21.0 Å². The molecule has 1 aliphatic heterocycles. The van der Waals surface area contributed by atoms with E-state index in [1.807, 2.05) is 55.5 Å². The predicted octanol–water partition coefficient (Wildman–Crippen LogP) is 3.45. The van der Waals surface area contributed by atoms with Gasteiger partial charge in [0, 0.05) is 18.6 Å². The monoisotopic (exact) mass is 424 g/mol. The Morgan fingerprint density at radius 1 is 0.963 bits per heavy atom. The van der Waals surface area contributed by atoms with Crippen molar-refractivity contribution in [1.29, 1.82) is 0 Å². The fourth-order valence-corrected chi connectivity index (χ4v) is 3.49. The van der Waals surface area contributed by atoms with Crippen LogP contribution in [0, 0.1) is 0 Å². The summed E-state index contributed by atoms with van der Waals surface area (Å²) in [5.41, 5.74) is 4.35. The van der Waals surface area contributed by atoms with Gasteiger partial charge in [-0.15, -0.1) is 0 Å². The van der Waals surface area contributed by atoms with Crippen LogP contribution < -0.4 is 10.7 Å². The van der Waals surface area contributed by atoms with E-state index in [0.717, 1.165) is 21.1 Å². The van der Waals surface area contributed by atoms with Gasteiger partial charge >= 0.3 is 5.69 Å². The maximum Gasteiger partial charge on any atom is 0.328 e. The van der Waals surface area contributed by atoms with Crippen molar-refractivity contribution in [1.82, 2.24) is 9.13 Å². The quantitative estimate of drug-likeness (QED) is 0.591. The molecule has 0 saturated carbocycles. The van der Waals surface area contributed by atoms with Gasteiger partial charge in [0.2, 0.25) is 0 Å². The summed E-state index contributed by atoms with van der Waals surface area (Å²) in [5, 5.41) is 5.81. The molecule has 2 aromatic carbocycles. The first-order chi connectivity index (χ1) is 12.9. The zero-order valence-electron chi connectivity index (χ0n) is 15.1. The van der Waals surface area contributed by atoms with Gasteiger partial charge in [-0.1, -0.05) is 22.0 Å². The zero-order valence-corrected chi connectivity index (χ0v) is 16.7.